The fourth-order valence-electron chi connectivity index (χ4n) is 2.69. The van der Waals surface area contributed by atoms with Gasteiger partial charge in [-0.05, 0) is 49.4 Å². The first-order valence-corrected chi connectivity index (χ1v) is 10.9. The van der Waals surface area contributed by atoms with Crippen molar-refractivity contribution in [1.29, 1.82) is 0 Å². The molecule has 150 valence electrons. The number of hydrogen-bond acceptors (Lipinski definition) is 3. The number of carbonyl (C=O) groups is 1. The monoisotopic (exact) mass is 448 g/mol. The average Bonchev–Trinajstić information content (AvgIpc) is 2.68. The summed E-state index contributed by atoms with van der Waals surface area (Å²) in [5.41, 5.74) is 1.82. The lowest BCUT2D eigenvalue weighted by Crippen LogP contribution is -2.38. The van der Waals surface area contributed by atoms with Gasteiger partial charge in [0, 0.05) is 15.7 Å². The van der Waals surface area contributed by atoms with Crippen molar-refractivity contribution >= 4 is 50.5 Å². The van der Waals surface area contributed by atoms with Crippen molar-refractivity contribution < 1.29 is 13.2 Å². The van der Waals surface area contributed by atoms with Crippen molar-refractivity contribution in [3.63, 3.8) is 0 Å². The minimum Gasteiger partial charge on any atom is -0.325 e. The third-order valence-electron chi connectivity index (χ3n) is 4.09. The van der Waals surface area contributed by atoms with E-state index in [9.17, 15) is 13.2 Å². The average molecular weight is 449 g/mol. The Morgan fingerprint density at radius 1 is 0.931 bits per heavy atom. The van der Waals surface area contributed by atoms with Gasteiger partial charge in [-0.25, -0.2) is 8.42 Å². The molecule has 29 heavy (non-hydrogen) atoms. The molecule has 0 saturated heterocycles. The van der Waals surface area contributed by atoms with Gasteiger partial charge in [-0.15, -0.1) is 0 Å². The van der Waals surface area contributed by atoms with Crippen LogP contribution < -0.4 is 9.62 Å². The second-order valence-corrected chi connectivity index (χ2v) is 9.10. The van der Waals surface area contributed by atoms with E-state index in [1.165, 1.54) is 30.3 Å². The van der Waals surface area contributed by atoms with E-state index in [0.717, 1.165) is 9.87 Å². The van der Waals surface area contributed by atoms with Crippen LogP contribution in [0.25, 0.3) is 0 Å². The summed E-state index contributed by atoms with van der Waals surface area (Å²) < 4.78 is 27.5. The maximum absolute atomic E-state index is 13.2. The SMILES string of the molecule is Cc1ccc(NC(=O)CN(c2cc(Cl)cc(Cl)c2)S(=O)(=O)c2ccccc2)cc1. The highest BCUT2D eigenvalue weighted by atomic mass is 35.5. The quantitative estimate of drug-likeness (QED) is 0.567. The molecule has 1 amide bonds. The van der Waals surface area contributed by atoms with Gasteiger partial charge >= 0.3 is 0 Å². The molecular weight excluding hydrogens is 431 g/mol. The van der Waals surface area contributed by atoms with Crippen LogP contribution in [0.3, 0.4) is 0 Å². The molecule has 0 fully saturated rings. The Bertz CT molecular complexity index is 1100. The minimum absolute atomic E-state index is 0.0548. The number of nitrogens with zero attached hydrogens (tertiary/aromatic N) is 1. The summed E-state index contributed by atoms with van der Waals surface area (Å²) in [6.45, 7) is 1.49. The highest BCUT2D eigenvalue weighted by molar-refractivity contribution is 7.92. The van der Waals surface area contributed by atoms with Crippen LogP contribution in [0, 0.1) is 6.92 Å². The van der Waals surface area contributed by atoms with E-state index in [1.807, 2.05) is 19.1 Å². The van der Waals surface area contributed by atoms with Gasteiger partial charge in [-0.3, -0.25) is 9.10 Å². The Morgan fingerprint density at radius 3 is 2.10 bits per heavy atom. The molecule has 0 aliphatic heterocycles. The van der Waals surface area contributed by atoms with E-state index in [-0.39, 0.29) is 20.6 Å². The molecule has 5 nitrogen and oxygen atoms in total. The molecule has 0 aliphatic rings. The van der Waals surface area contributed by atoms with Crippen LogP contribution in [-0.2, 0) is 14.8 Å². The van der Waals surface area contributed by atoms with Gasteiger partial charge in [-0.2, -0.15) is 0 Å². The number of halogens is 2. The summed E-state index contributed by atoms with van der Waals surface area (Å²) in [5.74, 6) is -0.496. The zero-order valence-corrected chi connectivity index (χ0v) is 17.8. The number of rotatable bonds is 6. The van der Waals surface area contributed by atoms with Crippen LogP contribution in [-0.4, -0.2) is 20.9 Å². The van der Waals surface area contributed by atoms with E-state index in [2.05, 4.69) is 5.32 Å². The molecule has 3 rings (SSSR count). The first-order chi connectivity index (χ1) is 13.8. The molecule has 0 aliphatic carbocycles. The van der Waals surface area contributed by atoms with Gasteiger partial charge in [0.2, 0.25) is 5.91 Å². The lowest BCUT2D eigenvalue weighted by molar-refractivity contribution is -0.114. The number of aryl methyl sites for hydroxylation is 1. The molecule has 3 aromatic carbocycles. The zero-order valence-electron chi connectivity index (χ0n) is 15.5. The van der Waals surface area contributed by atoms with E-state index < -0.39 is 22.5 Å². The molecule has 0 unspecified atom stereocenters. The Balaban J connectivity index is 1.96. The molecule has 3 aromatic rings. The third-order valence-corrected chi connectivity index (χ3v) is 6.31. The summed E-state index contributed by atoms with van der Waals surface area (Å²) in [4.78, 5) is 12.7. The maximum atomic E-state index is 13.2. The van der Waals surface area contributed by atoms with Crippen LogP contribution >= 0.6 is 23.2 Å². The van der Waals surface area contributed by atoms with Crippen molar-refractivity contribution in [2.75, 3.05) is 16.2 Å². The van der Waals surface area contributed by atoms with E-state index >= 15 is 0 Å². The molecule has 0 atom stereocenters. The lowest BCUT2D eigenvalue weighted by atomic mass is 10.2. The summed E-state index contributed by atoms with van der Waals surface area (Å²) >= 11 is 12.1. The molecule has 1 N–H and O–H groups in total. The van der Waals surface area contributed by atoms with Crippen LogP contribution in [0.4, 0.5) is 11.4 Å². The van der Waals surface area contributed by atoms with Crippen LogP contribution in [0.5, 0.6) is 0 Å². The maximum Gasteiger partial charge on any atom is 0.264 e. The minimum atomic E-state index is -4.03. The van der Waals surface area contributed by atoms with Crippen molar-refractivity contribution in [3.8, 4) is 0 Å². The molecule has 0 bridgehead atoms. The fraction of sp³-hybridized carbons (Fsp3) is 0.0952. The summed E-state index contributed by atoms with van der Waals surface area (Å²) in [6.07, 6.45) is 0. The van der Waals surface area contributed by atoms with Gasteiger partial charge in [0.25, 0.3) is 10.0 Å². The fourth-order valence-corrected chi connectivity index (χ4v) is 4.63. The number of nitrogens with one attached hydrogen (secondary N) is 1. The Kier molecular flexibility index (Phi) is 6.47. The number of hydrogen-bond donors (Lipinski definition) is 1. The van der Waals surface area contributed by atoms with Gasteiger partial charge < -0.3 is 5.32 Å². The molecule has 0 radical (unpaired) electrons. The Labute approximate surface area is 179 Å². The van der Waals surface area contributed by atoms with E-state index in [0.29, 0.717) is 5.69 Å². The summed E-state index contributed by atoms with van der Waals surface area (Å²) in [6, 6.07) is 19.5. The van der Waals surface area contributed by atoms with Crippen LogP contribution in [0.2, 0.25) is 10.0 Å². The van der Waals surface area contributed by atoms with Crippen molar-refractivity contribution in [3.05, 3.63) is 88.4 Å². The van der Waals surface area contributed by atoms with Crippen molar-refractivity contribution in [2.24, 2.45) is 0 Å². The van der Waals surface area contributed by atoms with Gasteiger partial charge in [0.05, 0.1) is 10.6 Å². The second kappa shape index (κ2) is 8.86. The standard InChI is InChI=1S/C21H18Cl2N2O3S/c1-15-7-9-18(10-8-15)24-21(26)14-25(19-12-16(22)11-17(23)13-19)29(27,28)20-5-3-2-4-6-20/h2-13H,14H2,1H3,(H,24,26). The zero-order chi connectivity index (χ0) is 21.0. The van der Waals surface area contributed by atoms with Crippen molar-refractivity contribution in [1.82, 2.24) is 0 Å². The van der Waals surface area contributed by atoms with Crippen molar-refractivity contribution in [2.45, 2.75) is 11.8 Å². The molecule has 0 heterocycles. The topological polar surface area (TPSA) is 66.5 Å². The predicted octanol–water partition coefficient (Wildman–Crippen LogP) is 5.14. The third kappa shape index (κ3) is 5.29. The first kappa shape index (κ1) is 21.2. The predicted molar refractivity (Wildman–Crippen MR) is 117 cm³/mol. The van der Waals surface area contributed by atoms with E-state index in [4.69, 9.17) is 23.2 Å². The van der Waals surface area contributed by atoms with E-state index in [1.54, 1.807) is 30.3 Å². The van der Waals surface area contributed by atoms with Crippen LogP contribution in [0.15, 0.2) is 77.7 Å². The Hall–Kier alpha value is -2.54. The van der Waals surface area contributed by atoms with Gasteiger partial charge in [-0.1, -0.05) is 59.1 Å². The summed E-state index contributed by atoms with van der Waals surface area (Å²) in [7, 11) is -4.03. The van der Waals surface area contributed by atoms with Gasteiger partial charge in [0.1, 0.15) is 6.54 Å². The highest BCUT2D eigenvalue weighted by Gasteiger charge is 2.27. The smallest absolute Gasteiger partial charge is 0.264 e. The van der Waals surface area contributed by atoms with Crippen LogP contribution in [0.1, 0.15) is 5.56 Å². The second-order valence-electron chi connectivity index (χ2n) is 6.37. The highest BCUT2D eigenvalue weighted by Crippen LogP contribution is 2.29. The van der Waals surface area contributed by atoms with Gasteiger partial charge in [0.15, 0.2) is 0 Å². The largest absolute Gasteiger partial charge is 0.325 e. The number of carbonyl (C=O) groups excluding carboxylic acids is 1. The lowest BCUT2D eigenvalue weighted by Gasteiger charge is -2.24. The normalized spacial score (nSPS) is 11.1. The summed E-state index contributed by atoms with van der Waals surface area (Å²) in [5, 5.41) is 3.24. The number of sulfonamides is 1. The molecular formula is C21H18Cl2N2O3S. The molecule has 0 saturated carbocycles. The molecule has 0 spiro atoms. The Morgan fingerprint density at radius 2 is 1.52 bits per heavy atom. The number of amides is 1. The number of benzene rings is 3. The number of anilines is 2. The first-order valence-electron chi connectivity index (χ1n) is 8.66. The molecule has 8 heteroatoms. The molecule has 0 aromatic heterocycles.